The van der Waals surface area contributed by atoms with Crippen molar-refractivity contribution >= 4 is 5.97 Å². The zero-order valence-electron chi connectivity index (χ0n) is 13.9. The third-order valence-electron chi connectivity index (χ3n) is 5.39. The Morgan fingerprint density at radius 3 is 2.67 bits per heavy atom. The summed E-state index contributed by atoms with van der Waals surface area (Å²) in [5.74, 6) is -0.0155. The quantitative estimate of drug-likeness (QED) is 0.772. The minimum absolute atomic E-state index is 0.415. The third-order valence-corrected chi connectivity index (χ3v) is 5.39. The van der Waals surface area contributed by atoms with Crippen LogP contribution in [0.1, 0.15) is 39.5 Å². The van der Waals surface area contributed by atoms with E-state index in [9.17, 15) is 9.90 Å². The molecular weight excluding hydrogens is 266 g/mol. The first-order valence-corrected chi connectivity index (χ1v) is 8.28. The van der Waals surface area contributed by atoms with Crippen LogP contribution in [0.25, 0.3) is 0 Å². The van der Waals surface area contributed by atoms with Gasteiger partial charge in [-0.15, -0.1) is 0 Å². The second-order valence-electron chi connectivity index (χ2n) is 7.17. The van der Waals surface area contributed by atoms with E-state index in [0.717, 1.165) is 45.3 Å². The fourth-order valence-electron chi connectivity index (χ4n) is 4.08. The molecule has 2 aliphatic rings. The van der Waals surface area contributed by atoms with Crippen LogP contribution in [-0.4, -0.2) is 72.2 Å². The summed E-state index contributed by atoms with van der Waals surface area (Å²) in [6.07, 6.45) is 3.47. The van der Waals surface area contributed by atoms with Gasteiger partial charge < -0.3 is 15.3 Å². The topological polar surface area (TPSA) is 55.8 Å². The normalized spacial score (nSPS) is 37.5. The molecule has 1 aliphatic carbocycles. The van der Waals surface area contributed by atoms with E-state index >= 15 is 0 Å². The minimum Gasteiger partial charge on any atom is -0.480 e. The van der Waals surface area contributed by atoms with Gasteiger partial charge in [-0.05, 0) is 52.2 Å². The average molecular weight is 297 g/mol. The molecule has 5 nitrogen and oxygen atoms in total. The molecule has 1 saturated heterocycles. The molecule has 0 aromatic rings. The molecule has 0 amide bonds. The summed E-state index contributed by atoms with van der Waals surface area (Å²) in [6, 6.07) is 1.01. The van der Waals surface area contributed by atoms with Crippen LogP contribution in [0.4, 0.5) is 0 Å². The highest BCUT2D eigenvalue weighted by Crippen LogP contribution is 2.36. The van der Waals surface area contributed by atoms with Crippen LogP contribution in [0.2, 0.25) is 0 Å². The number of rotatable bonds is 6. The summed E-state index contributed by atoms with van der Waals surface area (Å²) < 4.78 is 0. The SMILES string of the molecule is CCCNC1(C(=O)O)CCC(N2CC(C)C(N(C)C)C2)C1. The zero-order chi connectivity index (χ0) is 15.6. The van der Waals surface area contributed by atoms with E-state index < -0.39 is 11.5 Å². The molecule has 2 fully saturated rings. The maximum atomic E-state index is 11.7. The van der Waals surface area contributed by atoms with Crippen LogP contribution in [0.15, 0.2) is 0 Å². The van der Waals surface area contributed by atoms with E-state index in [0.29, 0.717) is 18.0 Å². The summed E-state index contributed by atoms with van der Waals surface area (Å²) in [6.45, 7) is 7.34. The van der Waals surface area contributed by atoms with E-state index in [4.69, 9.17) is 0 Å². The molecule has 0 aromatic carbocycles. The molecular formula is C16H31N3O2. The van der Waals surface area contributed by atoms with Crippen molar-refractivity contribution in [1.82, 2.24) is 15.1 Å². The summed E-state index contributed by atoms with van der Waals surface area (Å²) >= 11 is 0. The van der Waals surface area contributed by atoms with Gasteiger partial charge in [-0.1, -0.05) is 13.8 Å². The lowest BCUT2D eigenvalue weighted by Gasteiger charge is -2.29. The largest absolute Gasteiger partial charge is 0.480 e. The first-order valence-electron chi connectivity index (χ1n) is 8.28. The van der Waals surface area contributed by atoms with Crippen molar-refractivity contribution in [2.24, 2.45) is 5.92 Å². The molecule has 1 saturated carbocycles. The predicted octanol–water partition coefficient (Wildman–Crippen LogP) is 1.24. The lowest BCUT2D eigenvalue weighted by molar-refractivity contribution is -0.144. The molecule has 4 atom stereocenters. The molecule has 0 bridgehead atoms. The molecule has 122 valence electrons. The Labute approximate surface area is 128 Å². The fourth-order valence-corrected chi connectivity index (χ4v) is 4.08. The fraction of sp³-hybridized carbons (Fsp3) is 0.938. The second-order valence-corrected chi connectivity index (χ2v) is 7.17. The average Bonchev–Trinajstić information content (AvgIpc) is 3.01. The van der Waals surface area contributed by atoms with E-state index in [-0.39, 0.29) is 0 Å². The van der Waals surface area contributed by atoms with Gasteiger partial charge in [0.15, 0.2) is 0 Å². The minimum atomic E-state index is -0.694. The van der Waals surface area contributed by atoms with Crippen LogP contribution >= 0.6 is 0 Å². The van der Waals surface area contributed by atoms with Crippen molar-refractivity contribution in [3.63, 3.8) is 0 Å². The highest BCUT2D eigenvalue weighted by molar-refractivity contribution is 5.79. The molecule has 1 aliphatic heterocycles. The maximum Gasteiger partial charge on any atom is 0.323 e. The standard InChI is InChI=1S/C16H31N3O2/c1-5-8-17-16(15(20)21)7-6-13(9-16)19-10-12(2)14(11-19)18(3)4/h12-14,17H,5-11H2,1-4H3,(H,20,21). The van der Waals surface area contributed by atoms with Crippen molar-refractivity contribution in [2.45, 2.75) is 57.2 Å². The number of nitrogens with one attached hydrogen (secondary N) is 1. The summed E-state index contributed by atoms with van der Waals surface area (Å²) in [5, 5.41) is 13.0. The Morgan fingerprint density at radius 2 is 2.14 bits per heavy atom. The van der Waals surface area contributed by atoms with Crippen molar-refractivity contribution in [1.29, 1.82) is 0 Å². The number of nitrogens with zero attached hydrogens (tertiary/aromatic N) is 2. The lowest BCUT2D eigenvalue weighted by Crippen LogP contribution is -2.51. The second kappa shape index (κ2) is 6.63. The molecule has 2 rings (SSSR count). The van der Waals surface area contributed by atoms with E-state index in [1.54, 1.807) is 0 Å². The van der Waals surface area contributed by atoms with Crippen molar-refractivity contribution in [3.05, 3.63) is 0 Å². The molecule has 2 N–H and O–H groups in total. The van der Waals surface area contributed by atoms with Gasteiger partial charge in [0, 0.05) is 25.2 Å². The van der Waals surface area contributed by atoms with Crippen LogP contribution in [-0.2, 0) is 4.79 Å². The highest BCUT2D eigenvalue weighted by Gasteiger charge is 2.48. The molecule has 1 heterocycles. The lowest BCUT2D eigenvalue weighted by atomic mass is 9.97. The van der Waals surface area contributed by atoms with E-state index in [1.165, 1.54) is 0 Å². The molecule has 5 heteroatoms. The maximum absolute atomic E-state index is 11.7. The number of hydrogen-bond acceptors (Lipinski definition) is 4. The predicted molar refractivity (Wildman–Crippen MR) is 84.5 cm³/mol. The van der Waals surface area contributed by atoms with Gasteiger partial charge in [-0.2, -0.15) is 0 Å². The van der Waals surface area contributed by atoms with E-state index in [1.807, 2.05) is 0 Å². The Bertz CT molecular complexity index is 375. The van der Waals surface area contributed by atoms with Crippen LogP contribution < -0.4 is 5.32 Å². The number of carboxylic acids is 1. The Balaban J connectivity index is 1.99. The molecule has 0 aromatic heterocycles. The number of carbonyl (C=O) groups is 1. The van der Waals surface area contributed by atoms with Crippen molar-refractivity contribution < 1.29 is 9.90 Å². The van der Waals surface area contributed by atoms with Crippen molar-refractivity contribution in [2.75, 3.05) is 33.7 Å². The van der Waals surface area contributed by atoms with E-state index in [2.05, 4.69) is 43.1 Å². The van der Waals surface area contributed by atoms with Gasteiger partial charge >= 0.3 is 5.97 Å². The molecule has 4 unspecified atom stereocenters. The Hall–Kier alpha value is -0.650. The number of likely N-dealkylation sites (N-methyl/N-ethyl adjacent to an activating group) is 1. The van der Waals surface area contributed by atoms with Gasteiger partial charge in [0.1, 0.15) is 5.54 Å². The Kier molecular flexibility index (Phi) is 5.28. The van der Waals surface area contributed by atoms with Gasteiger partial charge in [-0.25, -0.2) is 0 Å². The van der Waals surface area contributed by atoms with Gasteiger partial charge in [0.2, 0.25) is 0 Å². The Morgan fingerprint density at radius 1 is 1.43 bits per heavy atom. The monoisotopic (exact) mass is 297 g/mol. The summed E-state index contributed by atoms with van der Waals surface area (Å²) in [4.78, 5) is 16.6. The highest BCUT2D eigenvalue weighted by atomic mass is 16.4. The zero-order valence-corrected chi connectivity index (χ0v) is 13.9. The number of hydrogen-bond donors (Lipinski definition) is 2. The first-order chi connectivity index (χ1) is 9.89. The first kappa shape index (κ1) is 16.7. The number of carboxylic acid groups (broad SMARTS) is 1. The van der Waals surface area contributed by atoms with Crippen molar-refractivity contribution in [3.8, 4) is 0 Å². The summed E-state index contributed by atoms with van der Waals surface area (Å²) in [5.41, 5.74) is -0.694. The van der Waals surface area contributed by atoms with Gasteiger partial charge in [-0.3, -0.25) is 9.69 Å². The van der Waals surface area contributed by atoms with Gasteiger partial charge in [0.05, 0.1) is 0 Å². The van der Waals surface area contributed by atoms with Crippen LogP contribution in [0.5, 0.6) is 0 Å². The van der Waals surface area contributed by atoms with Crippen LogP contribution in [0, 0.1) is 5.92 Å². The summed E-state index contributed by atoms with van der Waals surface area (Å²) in [7, 11) is 4.29. The number of likely N-dealkylation sites (tertiary alicyclic amines) is 1. The smallest absolute Gasteiger partial charge is 0.323 e. The third kappa shape index (κ3) is 3.41. The molecule has 0 spiro atoms. The van der Waals surface area contributed by atoms with Gasteiger partial charge in [0.25, 0.3) is 0 Å². The molecule has 0 radical (unpaired) electrons. The van der Waals surface area contributed by atoms with Crippen LogP contribution in [0.3, 0.4) is 0 Å². The number of aliphatic carboxylic acids is 1. The molecule has 21 heavy (non-hydrogen) atoms.